The molecule has 5 heteroatoms. The quantitative estimate of drug-likeness (QED) is 0.903. The smallest absolute Gasteiger partial charge is 0.263 e. The van der Waals surface area contributed by atoms with E-state index in [0.717, 1.165) is 30.8 Å². The first-order valence-corrected chi connectivity index (χ1v) is 7.17. The highest BCUT2D eigenvalue weighted by molar-refractivity contribution is 7.14. The molecule has 1 aliphatic heterocycles. The fourth-order valence-corrected chi connectivity index (χ4v) is 3.99. The molecule has 1 aliphatic carbocycles. The van der Waals surface area contributed by atoms with Gasteiger partial charge in [-0.15, -0.1) is 23.7 Å². The number of thiophene rings is 1. The molecule has 1 amide bonds. The predicted molar refractivity (Wildman–Crippen MR) is 77.0 cm³/mol. The summed E-state index contributed by atoms with van der Waals surface area (Å²) in [6.07, 6.45) is 4.68. The first-order chi connectivity index (χ1) is 8.28. The van der Waals surface area contributed by atoms with E-state index in [1.54, 1.807) is 11.3 Å². The van der Waals surface area contributed by atoms with Crippen LogP contribution in [0, 0.1) is 0 Å². The van der Waals surface area contributed by atoms with Gasteiger partial charge in [-0.05, 0) is 44.4 Å². The van der Waals surface area contributed by atoms with Gasteiger partial charge in [0.2, 0.25) is 0 Å². The Bertz CT molecular complexity index is 425. The number of nitrogens with one attached hydrogen (secondary N) is 1. The first-order valence-electron chi connectivity index (χ1n) is 6.36. The second-order valence-electron chi connectivity index (χ2n) is 4.94. The van der Waals surface area contributed by atoms with Gasteiger partial charge in [0.25, 0.3) is 5.91 Å². The summed E-state index contributed by atoms with van der Waals surface area (Å²) in [6.45, 7) is 1.75. The van der Waals surface area contributed by atoms with Crippen molar-refractivity contribution in [1.82, 2.24) is 10.2 Å². The zero-order valence-electron chi connectivity index (χ0n) is 10.6. The van der Waals surface area contributed by atoms with Crippen LogP contribution in [-0.4, -0.2) is 37.0 Å². The van der Waals surface area contributed by atoms with Crippen molar-refractivity contribution < 1.29 is 4.79 Å². The molecule has 0 aromatic carbocycles. The third kappa shape index (κ3) is 2.42. The largest absolute Gasteiger partial charge is 0.336 e. The average molecular weight is 287 g/mol. The molecule has 1 unspecified atom stereocenters. The number of rotatable bonds is 2. The highest BCUT2D eigenvalue weighted by Gasteiger charge is 2.28. The van der Waals surface area contributed by atoms with Crippen molar-refractivity contribution in [3.05, 3.63) is 21.4 Å². The molecular formula is C13H19ClN2OS. The number of amides is 1. The van der Waals surface area contributed by atoms with E-state index in [1.165, 1.54) is 23.3 Å². The van der Waals surface area contributed by atoms with Crippen LogP contribution in [0.2, 0.25) is 0 Å². The molecule has 0 bridgehead atoms. The molecule has 1 N–H and O–H groups in total. The van der Waals surface area contributed by atoms with Gasteiger partial charge in [-0.2, -0.15) is 0 Å². The van der Waals surface area contributed by atoms with E-state index < -0.39 is 0 Å². The molecule has 1 atom stereocenters. The monoisotopic (exact) mass is 286 g/mol. The minimum absolute atomic E-state index is 0. The molecule has 2 heterocycles. The number of fused-ring (bicyclic) bond motifs is 1. The van der Waals surface area contributed by atoms with Crippen molar-refractivity contribution in [2.24, 2.45) is 0 Å². The number of carbonyl (C=O) groups excluding carboxylic acids is 1. The van der Waals surface area contributed by atoms with Crippen molar-refractivity contribution in [2.75, 3.05) is 20.1 Å². The molecule has 3 nitrogen and oxygen atoms in total. The van der Waals surface area contributed by atoms with Crippen LogP contribution in [0.15, 0.2) is 6.07 Å². The Kier molecular flexibility index (Phi) is 4.30. The maximum atomic E-state index is 12.3. The molecule has 3 rings (SSSR count). The Morgan fingerprint density at radius 3 is 3.00 bits per heavy atom. The standard InChI is InChI=1S/C13H18N2OS.ClH/c1-14-10-5-6-15(8-10)13(16)12-7-9-3-2-4-11(9)17-12;/h7,10,14H,2-6,8H2,1H3;1H. The maximum absolute atomic E-state index is 12.3. The summed E-state index contributed by atoms with van der Waals surface area (Å²) in [4.78, 5) is 16.7. The van der Waals surface area contributed by atoms with Crippen LogP contribution < -0.4 is 5.32 Å². The normalized spacial score (nSPS) is 21.8. The topological polar surface area (TPSA) is 32.3 Å². The Morgan fingerprint density at radius 2 is 2.33 bits per heavy atom. The highest BCUT2D eigenvalue weighted by Crippen LogP contribution is 2.31. The Morgan fingerprint density at radius 1 is 1.50 bits per heavy atom. The number of likely N-dealkylation sites (tertiary alicyclic amines) is 1. The molecule has 1 aromatic rings. The van der Waals surface area contributed by atoms with Crippen molar-refractivity contribution in [3.8, 4) is 0 Å². The third-order valence-electron chi connectivity index (χ3n) is 3.84. The van der Waals surface area contributed by atoms with Crippen molar-refractivity contribution in [3.63, 3.8) is 0 Å². The fraction of sp³-hybridized carbons (Fsp3) is 0.615. The van der Waals surface area contributed by atoms with Crippen LogP contribution in [-0.2, 0) is 12.8 Å². The zero-order chi connectivity index (χ0) is 11.8. The summed E-state index contributed by atoms with van der Waals surface area (Å²) in [5, 5.41) is 3.25. The van der Waals surface area contributed by atoms with Gasteiger partial charge in [-0.1, -0.05) is 0 Å². The van der Waals surface area contributed by atoms with Crippen LogP contribution >= 0.6 is 23.7 Å². The molecule has 100 valence electrons. The van der Waals surface area contributed by atoms with Crippen LogP contribution in [0.5, 0.6) is 0 Å². The number of carbonyl (C=O) groups is 1. The van der Waals surface area contributed by atoms with Crippen LogP contribution in [0.3, 0.4) is 0 Å². The van der Waals surface area contributed by atoms with Gasteiger partial charge in [-0.3, -0.25) is 4.79 Å². The molecule has 1 saturated heterocycles. The van der Waals surface area contributed by atoms with Gasteiger partial charge in [0.1, 0.15) is 0 Å². The average Bonchev–Trinajstić information content (AvgIpc) is 3.02. The number of halogens is 1. The van der Waals surface area contributed by atoms with E-state index in [-0.39, 0.29) is 18.3 Å². The van der Waals surface area contributed by atoms with E-state index in [1.807, 2.05) is 11.9 Å². The lowest BCUT2D eigenvalue weighted by Crippen LogP contribution is -2.33. The zero-order valence-corrected chi connectivity index (χ0v) is 12.2. The van der Waals surface area contributed by atoms with Crippen molar-refractivity contribution >= 4 is 29.7 Å². The molecule has 1 fully saturated rings. The lowest BCUT2D eigenvalue weighted by Gasteiger charge is -2.15. The van der Waals surface area contributed by atoms with Gasteiger partial charge < -0.3 is 10.2 Å². The van der Waals surface area contributed by atoms with E-state index >= 15 is 0 Å². The molecule has 18 heavy (non-hydrogen) atoms. The summed E-state index contributed by atoms with van der Waals surface area (Å²) < 4.78 is 0. The molecule has 2 aliphatic rings. The van der Waals surface area contributed by atoms with E-state index in [4.69, 9.17) is 0 Å². The Balaban J connectivity index is 0.00000120. The second kappa shape index (κ2) is 5.59. The number of likely N-dealkylation sites (N-methyl/N-ethyl adjacent to an activating group) is 1. The molecule has 0 spiro atoms. The number of nitrogens with zero attached hydrogens (tertiary/aromatic N) is 1. The van der Waals surface area contributed by atoms with Crippen LogP contribution in [0.4, 0.5) is 0 Å². The SMILES string of the molecule is CNC1CCN(C(=O)c2cc3c(s2)CCC3)C1.Cl. The Hall–Kier alpha value is -0.580. The summed E-state index contributed by atoms with van der Waals surface area (Å²) in [7, 11) is 1.97. The Labute approximate surface area is 118 Å². The molecular weight excluding hydrogens is 268 g/mol. The van der Waals surface area contributed by atoms with Gasteiger partial charge in [-0.25, -0.2) is 0 Å². The van der Waals surface area contributed by atoms with Gasteiger partial charge in [0.05, 0.1) is 4.88 Å². The summed E-state index contributed by atoms with van der Waals surface area (Å²) in [5.74, 6) is 0.238. The molecule has 0 saturated carbocycles. The maximum Gasteiger partial charge on any atom is 0.263 e. The second-order valence-corrected chi connectivity index (χ2v) is 6.07. The van der Waals surface area contributed by atoms with E-state index in [9.17, 15) is 4.79 Å². The predicted octanol–water partition coefficient (Wildman–Crippen LogP) is 2.09. The van der Waals surface area contributed by atoms with Gasteiger partial charge in [0.15, 0.2) is 0 Å². The van der Waals surface area contributed by atoms with Gasteiger partial charge >= 0.3 is 0 Å². The first kappa shape index (κ1) is 13.8. The summed E-state index contributed by atoms with van der Waals surface area (Å²) in [5.41, 5.74) is 1.42. The molecule has 0 radical (unpaired) electrons. The van der Waals surface area contributed by atoms with Crippen LogP contribution in [0.25, 0.3) is 0 Å². The number of hydrogen-bond acceptors (Lipinski definition) is 3. The lowest BCUT2D eigenvalue weighted by atomic mass is 10.2. The van der Waals surface area contributed by atoms with E-state index in [2.05, 4.69) is 11.4 Å². The minimum atomic E-state index is 0. The summed E-state index contributed by atoms with van der Waals surface area (Å²) >= 11 is 1.71. The van der Waals surface area contributed by atoms with Gasteiger partial charge in [0, 0.05) is 24.0 Å². The number of aryl methyl sites for hydroxylation is 2. The summed E-state index contributed by atoms with van der Waals surface area (Å²) in [6, 6.07) is 2.60. The van der Waals surface area contributed by atoms with Crippen LogP contribution in [0.1, 0.15) is 33.0 Å². The third-order valence-corrected chi connectivity index (χ3v) is 5.07. The lowest BCUT2D eigenvalue weighted by molar-refractivity contribution is 0.0794. The van der Waals surface area contributed by atoms with Crippen molar-refractivity contribution in [1.29, 1.82) is 0 Å². The molecule has 1 aromatic heterocycles. The van der Waals surface area contributed by atoms with Crippen molar-refractivity contribution in [2.45, 2.75) is 31.7 Å². The highest BCUT2D eigenvalue weighted by atomic mass is 35.5. The van der Waals surface area contributed by atoms with E-state index in [0.29, 0.717) is 6.04 Å². The minimum Gasteiger partial charge on any atom is -0.336 e. The number of hydrogen-bond donors (Lipinski definition) is 1. The fourth-order valence-electron chi connectivity index (χ4n) is 2.77.